The summed E-state index contributed by atoms with van der Waals surface area (Å²) in [6.07, 6.45) is -4.65. The number of hydrazone groups is 1. The molecule has 3 rings (SSSR count). The van der Waals surface area contributed by atoms with Crippen molar-refractivity contribution in [2.75, 3.05) is 0 Å². The summed E-state index contributed by atoms with van der Waals surface area (Å²) in [6, 6.07) is 14.0. The first-order valence-electron chi connectivity index (χ1n) is 8.69. The SMILES string of the molecule is O=C(NC(c1ccccc1)C(F)(F)F)C1=NN(Cc2ccccc2)C(=O)CC1. The van der Waals surface area contributed by atoms with Crippen molar-refractivity contribution in [3.05, 3.63) is 71.8 Å². The van der Waals surface area contributed by atoms with Crippen molar-refractivity contribution in [3.63, 3.8) is 0 Å². The molecule has 2 aromatic carbocycles. The van der Waals surface area contributed by atoms with Crippen LogP contribution < -0.4 is 5.32 Å². The summed E-state index contributed by atoms with van der Waals surface area (Å²) >= 11 is 0. The Bertz CT molecular complexity index is 867. The highest BCUT2D eigenvalue weighted by molar-refractivity contribution is 6.39. The molecule has 0 bridgehead atoms. The second kappa shape index (κ2) is 8.24. The van der Waals surface area contributed by atoms with Crippen LogP contribution >= 0.6 is 0 Å². The molecule has 8 heteroatoms. The van der Waals surface area contributed by atoms with Crippen molar-refractivity contribution in [2.45, 2.75) is 31.6 Å². The molecule has 5 nitrogen and oxygen atoms in total. The minimum absolute atomic E-state index is 0.00464. The van der Waals surface area contributed by atoms with Crippen LogP contribution in [0.1, 0.15) is 30.0 Å². The van der Waals surface area contributed by atoms with Gasteiger partial charge < -0.3 is 5.32 Å². The molecule has 0 aromatic heterocycles. The molecule has 0 radical (unpaired) electrons. The van der Waals surface area contributed by atoms with Crippen molar-refractivity contribution >= 4 is 17.5 Å². The molecule has 1 heterocycles. The van der Waals surface area contributed by atoms with E-state index in [9.17, 15) is 22.8 Å². The molecular weight excluding hydrogens is 371 g/mol. The van der Waals surface area contributed by atoms with Gasteiger partial charge in [0.15, 0.2) is 6.04 Å². The van der Waals surface area contributed by atoms with Gasteiger partial charge in [0, 0.05) is 12.8 Å². The maximum Gasteiger partial charge on any atom is 0.412 e. The third-order valence-corrected chi connectivity index (χ3v) is 4.28. The lowest BCUT2D eigenvalue weighted by atomic mass is 10.1. The smallest absolute Gasteiger partial charge is 0.336 e. The minimum atomic E-state index is -4.66. The van der Waals surface area contributed by atoms with Gasteiger partial charge >= 0.3 is 6.18 Å². The lowest BCUT2D eigenvalue weighted by Crippen LogP contribution is -2.44. The Hall–Kier alpha value is -3.16. The zero-order chi connectivity index (χ0) is 20.1. The van der Waals surface area contributed by atoms with Gasteiger partial charge in [0.2, 0.25) is 5.91 Å². The molecule has 1 aliphatic heterocycles. The van der Waals surface area contributed by atoms with E-state index in [1.807, 2.05) is 11.4 Å². The zero-order valence-corrected chi connectivity index (χ0v) is 14.8. The Morgan fingerprint density at radius 1 is 1.04 bits per heavy atom. The molecule has 2 aromatic rings. The second-order valence-electron chi connectivity index (χ2n) is 6.34. The first-order valence-corrected chi connectivity index (χ1v) is 8.69. The van der Waals surface area contributed by atoms with Gasteiger partial charge in [-0.15, -0.1) is 0 Å². The molecule has 1 unspecified atom stereocenters. The highest BCUT2D eigenvalue weighted by atomic mass is 19.4. The fourth-order valence-corrected chi connectivity index (χ4v) is 2.86. The first kappa shape index (κ1) is 19.6. The number of hydrogen-bond donors (Lipinski definition) is 1. The highest BCUT2D eigenvalue weighted by Gasteiger charge is 2.42. The van der Waals surface area contributed by atoms with E-state index in [1.165, 1.54) is 24.3 Å². The van der Waals surface area contributed by atoms with E-state index in [0.29, 0.717) is 0 Å². The summed E-state index contributed by atoms with van der Waals surface area (Å²) in [4.78, 5) is 24.5. The van der Waals surface area contributed by atoms with E-state index in [2.05, 4.69) is 5.10 Å². The number of nitrogens with zero attached hydrogens (tertiary/aromatic N) is 2. The van der Waals surface area contributed by atoms with Crippen molar-refractivity contribution in [1.29, 1.82) is 0 Å². The third-order valence-electron chi connectivity index (χ3n) is 4.28. The van der Waals surface area contributed by atoms with E-state index in [-0.39, 0.29) is 36.6 Å². The molecule has 0 fully saturated rings. The highest BCUT2D eigenvalue weighted by Crippen LogP contribution is 2.32. The summed E-state index contributed by atoms with van der Waals surface area (Å²) in [7, 11) is 0. The molecule has 0 aliphatic carbocycles. The van der Waals surface area contributed by atoms with Crippen molar-refractivity contribution < 1.29 is 22.8 Å². The van der Waals surface area contributed by atoms with Crippen molar-refractivity contribution in [3.8, 4) is 0 Å². The lowest BCUT2D eigenvalue weighted by Gasteiger charge is -2.26. The van der Waals surface area contributed by atoms with Crippen molar-refractivity contribution in [1.82, 2.24) is 10.3 Å². The Balaban J connectivity index is 1.78. The number of halogens is 3. The van der Waals surface area contributed by atoms with Crippen LogP contribution in [0.25, 0.3) is 0 Å². The Labute approximate surface area is 159 Å². The van der Waals surface area contributed by atoms with Crippen LogP contribution in [0.4, 0.5) is 13.2 Å². The van der Waals surface area contributed by atoms with Crippen LogP contribution in [0, 0.1) is 0 Å². The molecule has 146 valence electrons. The molecule has 0 spiro atoms. The summed E-state index contributed by atoms with van der Waals surface area (Å²) in [5.41, 5.74) is 0.636. The Morgan fingerprint density at radius 3 is 2.25 bits per heavy atom. The quantitative estimate of drug-likeness (QED) is 0.850. The second-order valence-corrected chi connectivity index (χ2v) is 6.34. The van der Waals surface area contributed by atoms with Gasteiger partial charge in [0.05, 0.1) is 6.54 Å². The normalized spacial score (nSPS) is 15.8. The lowest BCUT2D eigenvalue weighted by molar-refractivity contribution is -0.161. The average Bonchev–Trinajstić information content (AvgIpc) is 2.68. The van der Waals surface area contributed by atoms with Crippen LogP contribution in [-0.4, -0.2) is 28.7 Å². The molecule has 0 saturated carbocycles. The van der Waals surface area contributed by atoms with Gasteiger partial charge in [0.25, 0.3) is 5.91 Å². The van der Waals surface area contributed by atoms with E-state index in [4.69, 9.17) is 0 Å². The van der Waals surface area contributed by atoms with Gasteiger partial charge in [-0.3, -0.25) is 9.59 Å². The molecule has 1 aliphatic rings. The Kier molecular flexibility index (Phi) is 5.77. The van der Waals surface area contributed by atoms with Crippen LogP contribution in [0.5, 0.6) is 0 Å². The zero-order valence-electron chi connectivity index (χ0n) is 14.8. The molecule has 1 atom stereocenters. The van der Waals surface area contributed by atoms with E-state index in [0.717, 1.165) is 10.6 Å². The molecular formula is C20H18F3N3O2. The minimum Gasteiger partial charge on any atom is -0.336 e. The van der Waals surface area contributed by atoms with Gasteiger partial charge in [-0.25, -0.2) is 5.01 Å². The summed E-state index contributed by atoms with van der Waals surface area (Å²) in [5, 5.41) is 7.14. The summed E-state index contributed by atoms with van der Waals surface area (Å²) in [5.74, 6) is -1.22. The third kappa shape index (κ3) is 4.76. The maximum atomic E-state index is 13.4. The molecule has 28 heavy (non-hydrogen) atoms. The number of benzene rings is 2. The predicted molar refractivity (Wildman–Crippen MR) is 97.0 cm³/mol. The van der Waals surface area contributed by atoms with Gasteiger partial charge in [-0.05, 0) is 11.1 Å². The van der Waals surface area contributed by atoms with E-state index >= 15 is 0 Å². The van der Waals surface area contributed by atoms with Crippen LogP contribution in [0.3, 0.4) is 0 Å². The van der Waals surface area contributed by atoms with Gasteiger partial charge in [-0.2, -0.15) is 18.3 Å². The van der Waals surface area contributed by atoms with Crippen LogP contribution in [0.15, 0.2) is 65.8 Å². The fourth-order valence-electron chi connectivity index (χ4n) is 2.86. The number of carbonyl (C=O) groups excluding carboxylic acids is 2. The van der Waals surface area contributed by atoms with Gasteiger partial charge in [0.1, 0.15) is 5.71 Å². The fraction of sp³-hybridized carbons (Fsp3) is 0.250. The monoisotopic (exact) mass is 389 g/mol. The molecule has 0 saturated heterocycles. The largest absolute Gasteiger partial charge is 0.412 e. The number of rotatable bonds is 5. The number of nitrogens with one attached hydrogen (secondary N) is 1. The maximum absolute atomic E-state index is 13.4. The summed E-state index contributed by atoms with van der Waals surface area (Å²) in [6.45, 7) is 0.151. The Morgan fingerprint density at radius 2 is 1.64 bits per heavy atom. The topological polar surface area (TPSA) is 61.8 Å². The van der Waals surface area contributed by atoms with Crippen LogP contribution in [0.2, 0.25) is 0 Å². The predicted octanol–water partition coefficient (Wildman–Crippen LogP) is 3.58. The first-order chi connectivity index (χ1) is 13.3. The average molecular weight is 389 g/mol. The van der Waals surface area contributed by atoms with Crippen molar-refractivity contribution in [2.24, 2.45) is 5.10 Å². The summed E-state index contributed by atoms with van der Waals surface area (Å²) < 4.78 is 40.3. The number of hydrogen-bond acceptors (Lipinski definition) is 3. The standard InChI is InChI=1S/C20H18F3N3O2/c21-20(22,23)18(15-9-5-2-6-10-15)24-19(28)16-11-12-17(27)26(25-16)13-14-7-3-1-4-8-14/h1-10,18H,11-13H2,(H,24,28). The van der Waals surface area contributed by atoms with E-state index < -0.39 is 18.1 Å². The molecule has 2 amide bonds. The number of carbonyl (C=O) groups is 2. The molecule has 1 N–H and O–H groups in total. The van der Waals surface area contributed by atoms with Gasteiger partial charge in [-0.1, -0.05) is 60.7 Å². The van der Waals surface area contributed by atoms with E-state index in [1.54, 1.807) is 30.3 Å². The number of alkyl halides is 3. The number of amides is 2. The van der Waals surface area contributed by atoms with Crippen LogP contribution in [-0.2, 0) is 16.1 Å².